The van der Waals surface area contributed by atoms with E-state index in [2.05, 4.69) is 10.6 Å². The molecule has 2 aromatic rings. The first-order valence-electron chi connectivity index (χ1n) is 7.62. The number of anilines is 1. The van der Waals surface area contributed by atoms with E-state index in [0.717, 1.165) is 5.56 Å². The van der Waals surface area contributed by atoms with E-state index in [1.54, 1.807) is 36.4 Å². The Kier molecular flexibility index (Phi) is 4.81. The van der Waals surface area contributed by atoms with Crippen molar-refractivity contribution in [2.24, 2.45) is 11.8 Å². The number of hydrogen-bond donors (Lipinski definition) is 2. The largest absolute Gasteiger partial charge is 0.352 e. The lowest BCUT2D eigenvalue weighted by atomic mass is 10.2. The summed E-state index contributed by atoms with van der Waals surface area (Å²) in [5, 5.41) is 5.98. The third kappa shape index (κ3) is 3.92. The summed E-state index contributed by atoms with van der Waals surface area (Å²) in [4.78, 5) is 24.3. The first kappa shape index (κ1) is 16.5. The van der Waals surface area contributed by atoms with Crippen molar-refractivity contribution < 1.29 is 14.0 Å². The third-order valence-electron chi connectivity index (χ3n) is 3.98. The number of hydrogen-bond acceptors (Lipinski definition) is 2. The summed E-state index contributed by atoms with van der Waals surface area (Å²) in [6, 6.07) is 12.9. The van der Waals surface area contributed by atoms with Crippen LogP contribution in [0.4, 0.5) is 10.1 Å². The zero-order chi connectivity index (χ0) is 17.1. The van der Waals surface area contributed by atoms with Gasteiger partial charge in [0.05, 0.1) is 22.5 Å². The molecular weight excluding hydrogens is 331 g/mol. The number of halogens is 2. The Morgan fingerprint density at radius 2 is 1.71 bits per heavy atom. The van der Waals surface area contributed by atoms with Crippen LogP contribution in [0.2, 0.25) is 5.02 Å². The van der Waals surface area contributed by atoms with Crippen LogP contribution < -0.4 is 10.6 Å². The first-order chi connectivity index (χ1) is 11.5. The Morgan fingerprint density at radius 1 is 1.04 bits per heavy atom. The van der Waals surface area contributed by atoms with Crippen molar-refractivity contribution in [2.45, 2.75) is 13.0 Å². The smallest absolute Gasteiger partial charge is 0.228 e. The Bertz CT molecular complexity index is 764. The normalized spacial score (nSPS) is 18.8. The molecule has 0 spiro atoms. The monoisotopic (exact) mass is 346 g/mol. The van der Waals surface area contributed by atoms with E-state index in [1.807, 2.05) is 0 Å². The molecule has 2 aromatic carbocycles. The van der Waals surface area contributed by atoms with Gasteiger partial charge in [-0.05, 0) is 36.2 Å². The summed E-state index contributed by atoms with van der Waals surface area (Å²) in [6.07, 6.45) is 0.519. The molecule has 0 aromatic heterocycles. The van der Waals surface area contributed by atoms with Crippen molar-refractivity contribution in [1.29, 1.82) is 0 Å². The van der Waals surface area contributed by atoms with Gasteiger partial charge in [0.15, 0.2) is 0 Å². The molecule has 1 aliphatic carbocycles. The van der Waals surface area contributed by atoms with Crippen molar-refractivity contribution in [1.82, 2.24) is 5.32 Å². The molecule has 0 saturated heterocycles. The summed E-state index contributed by atoms with van der Waals surface area (Å²) in [7, 11) is 0. The van der Waals surface area contributed by atoms with E-state index in [9.17, 15) is 14.0 Å². The highest BCUT2D eigenvalue weighted by Gasteiger charge is 2.47. The van der Waals surface area contributed by atoms with E-state index in [-0.39, 0.29) is 29.5 Å². The van der Waals surface area contributed by atoms with Crippen LogP contribution in [0.1, 0.15) is 12.0 Å². The average molecular weight is 347 g/mol. The number of benzene rings is 2. The van der Waals surface area contributed by atoms with Gasteiger partial charge in [-0.1, -0.05) is 35.9 Å². The van der Waals surface area contributed by atoms with Gasteiger partial charge in [0.1, 0.15) is 5.82 Å². The lowest BCUT2D eigenvalue weighted by Gasteiger charge is -2.07. The fraction of sp³-hybridized carbons (Fsp3) is 0.222. The molecule has 6 heteroatoms. The summed E-state index contributed by atoms with van der Waals surface area (Å²) >= 11 is 6.00. The second-order valence-corrected chi connectivity index (χ2v) is 6.17. The molecule has 124 valence electrons. The van der Waals surface area contributed by atoms with Crippen LogP contribution in [0.15, 0.2) is 48.5 Å². The maximum Gasteiger partial charge on any atom is 0.228 e. The summed E-state index contributed by atoms with van der Waals surface area (Å²) < 4.78 is 12.8. The van der Waals surface area contributed by atoms with Gasteiger partial charge in [0, 0.05) is 6.54 Å². The standard InChI is InChI=1S/C18H16ClFN2O2/c19-15-3-1-2-4-16(15)22-18(24)14-9-13(14)17(23)21-10-11-5-7-12(20)8-6-11/h1-8,13-14H,9-10H2,(H,21,23)(H,22,24). The molecule has 2 unspecified atom stereocenters. The van der Waals surface area contributed by atoms with E-state index >= 15 is 0 Å². The Labute approximate surface area is 144 Å². The van der Waals surface area contributed by atoms with Crippen molar-refractivity contribution in [3.05, 3.63) is 64.9 Å². The van der Waals surface area contributed by atoms with Gasteiger partial charge >= 0.3 is 0 Å². The van der Waals surface area contributed by atoms with Crippen LogP contribution in [0.25, 0.3) is 0 Å². The highest BCUT2D eigenvalue weighted by Crippen LogP contribution is 2.40. The SMILES string of the molecule is O=C(NCc1ccc(F)cc1)C1CC1C(=O)Nc1ccccc1Cl. The highest BCUT2D eigenvalue weighted by atomic mass is 35.5. The number of amides is 2. The van der Waals surface area contributed by atoms with Crippen LogP contribution in [-0.4, -0.2) is 11.8 Å². The Morgan fingerprint density at radius 3 is 2.42 bits per heavy atom. The first-order valence-corrected chi connectivity index (χ1v) is 8.00. The molecule has 24 heavy (non-hydrogen) atoms. The van der Waals surface area contributed by atoms with Crippen LogP contribution in [0.5, 0.6) is 0 Å². The molecular formula is C18H16ClFN2O2. The summed E-state index contributed by atoms with van der Waals surface area (Å²) in [5.74, 6) is -1.35. The van der Waals surface area contributed by atoms with E-state index in [4.69, 9.17) is 11.6 Å². The predicted molar refractivity (Wildman–Crippen MR) is 89.9 cm³/mol. The minimum absolute atomic E-state index is 0.168. The molecule has 1 aliphatic rings. The molecule has 0 heterocycles. The number of carbonyl (C=O) groups excluding carboxylic acids is 2. The number of para-hydroxylation sites is 1. The maximum atomic E-state index is 12.8. The average Bonchev–Trinajstić information content (AvgIpc) is 3.37. The molecule has 4 nitrogen and oxygen atoms in total. The van der Waals surface area contributed by atoms with Crippen molar-refractivity contribution in [2.75, 3.05) is 5.32 Å². The lowest BCUT2D eigenvalue weighted by molar-refractivity contribution is -0.125. The molecule has 2 amide bonds. The number of carbonyl (C=O) groups is 2. The minimum atomic E-state index is -0.338. The number of nitrogens with one attached hydrogen (secondary N) is 2. The zero-order valence-corrected chi connectivity index (χ0v) is 13.5. The molecule has 3 rings (SSSR count). The van der Waals surface area contributed by atoms with Gasteiger partial charge in [-0.25, -0.2) is 4.39 Å². The van der Waals surface area contributed by atoms with Gasteiger partial charge in [0.2, 0.25) is 11.8 Å². The molecule has 0 bridgehead atoms. The molecule has 2 N–H and O–H groups in total. The second kappa shape index (κ2) is 7.01. The van der Waals surface area contributed by atoms with Crippen LogP contribution >= 0.6 is 11.6 Å². The Balaban J connectivity index is 1.49. The van der Waals surface area contributed by atoms with Gasteiger partial charge in [0.25, 0.3) is 0 Å². The van der Waals surface area contributed by atoms with Gasteiger partial charge in [-0.3, -0.25) is 9.59 Å². The van der Waals surface area contributed by atoms with Gasteiger partial charge in [-0.15, -0.1) is 0 Å². The highest BCUT2D eigenvalue weighted by molar-refractivity contribution is 6.33. The number of rotatable bonds is 5. The van der Waals surface area contributed by atoms with Gasteiger partial charge in [-0.2, -0.15) is 0 Å². The maximum absolute atomic E-state index is 12.8. The Hall–Kier alpha value is -2.40. The van der Waals surface area contributed by atoms with E-state index in [0.29, 0.717) is 23.7 Å². The van der Waals surface area contributed by atoms with Gasteiger partial charge < -0.3 is 10.6 Å². The van der Waals surface area contributed by atoms with E-state index < -0.39 is 0 Å². The molecule has 0 aliphatic heterocycles. The van der Waals surface area contributed by atoms with Crippen LogP contribution in [-0.2, 0) is 16.1 Å². The summed E-state index contributed by atoms with van der Waals surface area (Å²) in [5.41, 5.74) is 1.35. The molecule has 0 radical (unpaired) electrons. The van der Waals surface area contributed by atoms with E-state index in [1.165, 1.54) is 12.1 Å². The predicted octanol–water partition coefficient (Wildman–Crippen LogP) is 3.37. The molecule has 1 saturated carbocycles. The third-order valence-corrected chi connectivity index (χ3v) is 4.31. The molecule has 1 fully saturated rings. The zero-order valence-electron chi connectivity index (χ0n) is 12.8. The molecule has 2 atom stereocenters. The van der Waals surface area contributed by atoms with Crippen LogP contribution in [0, 0.1) is 17.7 Å². The van der Waals surface area contributed by atoms with Crippen molar-refractivity contribution in [3.63, 3.8) is 0 Å². The topological polar surface area (TPSA) is 58.2 Å². The minimum Gasteiger partial charge on any atom is -0.352 e. The fourth-order valence-corrected chi connectivity index (χ4v) is 2.67. The van der Waals surface area contributed by atoms with Crippen LogP contribution in [0.3, 0.4) is 0 Å². The lowest BCUT2D eigenvalue weighted by Crippen LogP contribution is -2.27. The van der Waals surface area contributed by atoms with Crippen molar-refractivity contribution in [3.8, 4) is 0 Å². The fourth-order valence-electron chi connectivity index (χ4n) is 2.49. The summed E-state index contributed by atoms with van der Waals surface area (Å²) in [6.45, 7) is 0.314. The quantitative estimate of drug-likeness (QED) is 0.872. The van der Waals surface area contributed by atoms with Crippen molar-refractivity contribution >= 4 is 29.1 Å². The second-order valence-electron chi connectivity index (χ2n) is 5.76.